The molecule has 7 heteroatoms. The van der Waals surface area contributed by atoms with E-state index < -0.39 is 0 Å². The van der Waals surface area contributed by atoms with E-state index >= 15 is 0 Å². The highest BCUT2D eigenvalue weighted by Crippen LogP contribution is 2.24. The molecule has 32 heavy (non-hydrogen) atoms. The molecule has 3 aromatic heterocycles. The quantitative estimate of drug-likeness (QED) is 0.336. The van der Waals surface area contributed by atoms with Gasteiger partial charge >= 0.3 is 0 Å². The molecule has 6 nitrogen and oxygen atoms in total. The van der Waals surface area contributed by atoms with Crippen LogP contribution in [0.4, 0.5) is 5.82 Å². The van der Waals surface area contributed by atoms with Gasteiger partial charge in [0.25, 0.3) is 0 Å². The van der Waals surface area contributed by atoms with E-state index in [0.29, 0.717) is 29.5 Å². The minimum atomic E-state index is -0.139. The largest absolute Gasteiger partial charge is 0.364 e. The number of fused-ring (bicyclic) bond motifs is 1. The summed E-state index contributed by atoms with van der Waals surface area (Å²) in [5, 5.41) is 4.81. The molecule has 0 amide bonds. The lowest BCUT2D eigenvalue weighted by Crippen LogP contribution is -2.05. The summed E-state index contributed by atoms with van der Waals surface area (Å²) in [4.78, 5) is 25.0. The minimum absolute atomic E-state index is 0.139. The van der Waals surface area contributed by atoms with Crippen molar-refractivity contribution in [2.24, 2.45) is 0 Å². The predicted molar refractivity (Wildman–Crippen MR) is 126 cm³/mol. The van der Waals surface area contributed by atoms with Crippen LogP contribution >= 0.6 is 11.6 Å². The van der Waals surface area contributed by atoms with E-state index in [4.69, 9.17) is 11.6 Å². The first-order chi connectivity index (χ1) is 15.7. The van der Waals surface area contributed by atoms with Crippen LogP contribution in [0.2, 0.25) is 5.02 Å². The van der Waals surface area contributed by atoms with E-state index in [0.717, 1.165) is 28.0 Å². The SMILES string of the molecule is O=C(c1ncc(CNc2ccccn2)[nH]1)c1cn(Cc2ccc(Cl)cc2)c2ccccc12. The van der Waals surface area contributed by atoms with Gasteiger partial charge in [0.15, 0.2) is 5.82 Å². The topological polar surface area (TPSA) is 75.6 Å². The molecule has 2 aromatic carbocycles. The highest BCUT2D eigenvalue weighted by atomic mass is 35.5. The molecule has 2 N–H and O–H groups in total. The van der Waals surface area contributed by atoms with Crippen molar-refractivity contribution in [2.75, 3.05) is 5.32 Å². The third kappa shape index (κ3) is 4.13. The molecule has 0 aliphatic rings. The number of hydrogen-bond donors (Lipinski definition) is 2. The van der Waals surface area contributed by atoms with E-state index in [2.05, 4.69) is 24.8 Å². The third-order valence-electron chi connectivity index (χ3n) is 5.27. The number of aromatic nitrogens is 4. The molecule has 3 heterocycles. The van der Waals surface area contributed by atoms with E-state index in [1.807, 2.05) is 72.9 Å². The normalized spacial score (nSPS) is 11.0. The summed E-state index contributed by atoms with van der Waals surface area (Å²) in [6.45, 7) is 1.14. The van der Waals surface area contributed by atoms with Crippen LogP contribution in [0.3, 0.4) is 0 Å². The van der Waals surface area contributed by atoms with Gasteiger partial charge in [0, 0.05) is 34.9 Å². The monoisotopic (exact) mass is 441 g/mol. The number of hydrogen-bond acceptors (Lipinski definition) is 4. The number of ketones is 1. The maximum atomic E-state index is 13.3. The average Bonchev–Trinajstić information content (AvgIpc) is 3.45. The highest BCUT2D eigenvalue weighted by molar-refractivity contribution is 6.30. The Kier molecular flexibility index (Phi) is 5.44. The van der Waals surface area contributed by atoms with Crippen LogP contribution < -0.4 is 5.32 Å². The molecule has 0 spiro atoms. The van der Waals surface area contributed by atoms with E-state index in [9.17, 15) is 4.79 Å². The van der Waals surface area contributed by atoms with Crippen molar-refractivity contribution in [3.8, 4) is 0 Å². The van der Waals surface area contributed by atoms with Crippen LogP contribution in [0.15, 0.2) is 85.3 Å². The lowest BCUT2D eigenvalue weighted by Gasteiger charge is -2.05. The van der Waals surface area contributed by atoms with Crippen LogP contribution in [0.1, 0.15) is 27.4 Å². The second-order valence-electron chi connectivity index (χ2n) is 7.47. The second kappa shape index (κ2) is 8.69. The molecule has 5 rings (SSSR count). The number of nitrogens with zero attached hydrogens (tertiary/aromatic N) is 3. The zero-order valence-electron chi connectivity index (χ0n) is 17.1. The van der Waals surface area contributed by atoms with Gasteiger partial charge in [0.05, 0.1) is 24.0 Å². The van der Waals surface area contributed by atoms with Crippen molar-refractivity contribution in [2.45, 2.75) is 13.1 Å². The van der Waals surface area contributed by atoms with Crippen LogP contribution in [0.5, 0.6) is 0 Å². The number of rotatable bonds is 7. The summed E-state index contributed by atoms with van der Waals surface area (Å²) in [6.07, 6.45) is 5.30. The fourth-order valence-corrected chi connectivity index (χ4v) is 3.82. The number of pyridine rings is 1. The van der Waals surface area contributed by atoms with Crippen molar-refractivity contribution < 1.29 is 4.79 Å². The van der Waals surface area contributed by atoms with Crippen molar-refractivity contribution in [1.29, 1.82) is 0 Å². The molecular weight excluding hydrogens is 422 g/mol. The zero-order chi connectivity index (χ0) is 21.9. The summed E-state index contributed by atoms with van der Waals surface area (Å²) in [7, 11) is 0. The summed E-state index contributed by atoms with van der Waals surface area (Å²) in [6, 6.07) is 21.3. The van der Waals surface area contributed by atoms with Crippen molar-refractivity contribution >= 4 is 34.1 Å². The summed E-state index contributed by atoms with van der Waals surface area (Å²) < 4.78 is 2.08. The minimum Gasteiger partial charge on any atom is -0.364 e. The van der Waals surface area contributed by atoms with Gasteiger partial charge in [-0.15, -0.1) is 0 Å². The molecule has 158 valence electrons. The first-order valence-corrected chi connectivity index (χ1v) is 10.6. The van der Waals surface area contributed by atoms with Gasteiger partial charge < -0.3 is 14.9 Å². The van der Waals surface area contributed by atoms with Gasteiger partial charge in [-0.25, -0.2) is 9.97 Å². The Morgan fingerprint density at radius 3 is 2.62 bits per heavy atom. The van der Waals surface area contributed by atoms with E-state index in [1.165, 1.54) is 0 Å². The lowest BCUT2D eigenvalue weighted by molar-refractivity contribution is 0.103. The first kappa shape index (κ1) is 20.0. The van der Waals surface area contributed by atoms with Crippen LogP contribution in [0, 0.1) is 0 Å². The molecular formula is C25H20ClN5O. The number of anilines is 1. The first-order valence-electron chi connectivity index (χ1n) is 10.2. The van der Waals surface area contributed by atoms with Crippen molar-refractivity contribution in [3.05, 3.63) is 113 Å². The smallest absolute Gasteiger partial charge is 0.230 e. The number of para-hydroxylation sites is 1. The summed E-state index contributed by atoms with van der Waals surface area (Å²) in [5.74, 6) is 0.942. The van der Waals surface area contributed by atoms with Gasteiger partial charge in [0.2, 0.25) is 5.78 Å². The Labute approximate surface area is 189 Å². The number of halogens is 1. The molecule has 0 unspecified atom stereocenters. The van der Waals surface area contributed by atoms with Gasteiger partial charge in [-0.1, -0.05) is 48.0 Å². The van der Waals surface area contributed by atoms with Crippen LogP contribution in [-0.4, -0.2) is 25.3 Å². The number of benzene rings is 2. The van der Waals surface area contributed by atoms with E-state index in [1.54, 1.807) is 12.4 Å². The number of aromatic amines is 1. The summed E-state index contributed by atoms with van der Waals surface area (Å²) >= 11 is 6.01. The molecule has 0 fully saturated rings. The predicted octanol–water partition coefficient (Wildman–Crippen LogP) is 5.30. The van der Waals surface area contributed by atoms with Gasteiger partial charge in [-0.3, -0.25) is 4.79 Å². The maximum absolute atomic E-state index is 13.3. The maximum Gasteiger partial charge on any atom is 0.230 e. The Bertz CT molecular complexity index is 1370. The van der Waals surface area contributed by atoms with Gasteiger partial charge in [0.1, 0.15) is 5.82 Å². The number of carbonyl (C=O) groups excluding carboxylic acids is 1. The molecule has 0 atom stereocenters. The molecule has 0 aliphatic carbocycles. The lowest BCUT2D eigenvalue weighted by atomic mass is 10.1. The number of imidazole rings is 1. The van der Waals surface area contributed by atoms with Gasteiger partial charge in [-0.05, 0) is 35.9 Å². The van der Waals surface area contributed by atoms with Crippen molar-refractivity contribution in [1.82, 2.24) is 19.5 Å². The molecule has 5 aromatic rings. The molecule has 0 saturated heterocycles. The zero-order valence-corrected chi connectivity index (χ0v) is 17.9. The molecule has 0 radical (unpaired) electrons. The molecule has 0 bridgehead atoms. The summed E-state index contributed by atoms with van der Waals surface area (Å²) in [5.41, 5.74) is 3.53. The Morgan fingerprint density at radius 1 is 1.00 bits per heavy atom. The number of carbonyl (C=O) groups is 1. The van der Waals surface area contributed by atoms with Crippen LogP contribution in [0.25, 0.3) is 10.9 Å². The highest BCUT2D eigenvalue weighted by Gasteiger charge is 2.19. The van der Waals surface area contributed by atoms with E-state index in [-0.39, 0.29) is 5.78 Å². The fourth-order valence-electron chi connectivity index (χ4n) is 3.69. The Balaban J connectivity index is 1.40. The Hall–Kier alpha value is -3.90. The van der Waals surface area contributed by atoms with Gasteiger partial charge in [-0.2, -0.15) is 0 Å². The second-order valence-corrected chi connectivity index (χ2v) is 7.91. The molecule has 0 aliphatic heterocycles. The van der Waals surface area contributed by atoms with Crippen molar-refractivity contribution in [3.63, 3.8) is 0 Å². The third-order valence-corrected chi connectivity index (χ3v) is 5.52. The Morgan fingerprint density at radius 2 is 1.81 bits per heavy atom. The number of H-pyrrole nitrogens is 1. The average molecular weight is 442 g/mol. The molecule has 0 saturated carbocycles. The standard InChI is InChI=1S/C25H20ClN5O/c26-18-10-8-17(9-11-18)15-31-16-21(20-5-1-2-6-22(20)31)24(32)25-29-14-19(30-25)13-28-23-7-3-4-12-27-23/h1-12,14,16H,13,15H2,(H,27,28)(H,29,30). The van der Waals surface area contributed by atoms with Crippen LogP contribution in [-0.2, 0) is 13.1 Å². The fraction of sp³-hybridized carbons (Fsp3) is 0.0800. The number of nitrogens with one attached hydrogen (secondary N) is 2.